The first kappa shape index (κ1) is 12.5. The second kappa shape index (κ2) is 5.21. The van der Waals surface area contributed by atoms with Gasteiger partial charge in [-0.3, -0.25) is 0 Å². The Morgan fingerprint density at radius 1 is 1.42 bits per heavy atom. The van der Waals surface area contributed by atoms with Gasteiger partial charge in [-0.2, -0.15) is 4.98 Å². The summed E-state index contributed by atoms with van der Waals surface area (Å²) in [5, 5.41) is 8.81. The molecule has 0 bridgehead atoms. The molecule has 2 fully saturated rings. The number of carboxylic acid groups (broad SMARTS) is 1. The molecular formula is C13H18N2O4. The number of rotatable bonds is 5. The molecule has 2 aliphatic rings. The Balaban J connectivity index is 1.49. The van der Waals surface area contributed by atoms with Crippen molar-refractivity contribution in [1.29, 1.82) is 0 Å². The van der Waals surface area contributed by atoms with Crippen LogP contribution >= 0.6 is 0 Å². The Labute approximate surface area is 111 Å². The molecule has 6 nitrogen and oxygen atoms in total. The van der Waals surface area contributed by atoms with Crippen LogP contribution in [0.5, 0.6) is 0 Å². The van der Waals surface area contributed by atoms with E-state index in [9.17, 15) is 4.79 Å². The van der Waals surface area contributed by atoms with Crippen molar-refractivity contribution in [2.45, 2.75) is 31.8 Å². The average Bonchev–Trinajstić information content (AvgIpc) is 3.11. The van der Waals surface area contributed by atoms with E-state index in [1.165, 1.54) is 19.1 Å². The number of aromatic carboxylic acids is 1. The van der Waals surface area contributed by atoms with Crippen LogP contribution in [0.4, 0.5) is 6.01 Å². The molecule has 104 valence electrons. The fraction of sp³-hybridized carbons (Fsp3) is 0.692. The molecule has 0 unspecified atom stereocenters. The minimum absolute atomic E-state index is 0.0397. The van der Waals surface area contributed by atoms with E-state index in [2.05, 4.69) is 4.98 Å². The first-order valence-electron chi connectivity index (χ1n) is 6.78. The zero-order valence-electron chi connectivity index (χ0n) is 10.7. The van der Waals surface area contributed by atoms with E-state index < -0.39 is 5.97 Å². The molecule has 3 rings (SSSR count). The molecule has 6 heteroatoms. The first-order valence-corrected chi connectivity index (χ1v) is 6.78. The van der Waals surface area contributed by atoms with E-state index in [1.807, 2.05) is 4.90 Å². The number of carbonyl (C=O) groups is 1. The summed E-state index contributed by atoms with van der Waals surface area (Å²) in [6.45, 7) is 2.50. The van der Waals surface area contributed by atoms with Crippen molar-refractivity contribution < 1.29 is 19.1 Å². The van der Waals surface area contributed by atoms with Gasteiger partial charge >= 0.3 is 5.97 Å². The molecule has 0 amide bonds. The van der Waals surface area contributed by atoms with Crippen molar-refractivity contribution >= 4 is 12.0 Å². The van der Waals surface area contributed by atoms with Gasteiger partial charge in [0.05, 0.1) is 6.10 Å². The zero-order valence-corrected chi connectivity index (χ0v) is 10.7. The van der Waals surface area contributed by atoms with Crippen LogP contribution in [0.15, 0.2) is 10.7 Å². The van der Waals surface area contributed by atoms with Gasteiger partial charge in [0.25, 0.3) is 6.01 Å². The second-order valence-corrected chi connectivity index (χ2v) is 5.28. The maximum absolute atomic E-state index is 10.7. The van der Waals surface area contributed by atoms with Gasteiger partial charge in [-0.05, 0) is 31.6 Å². The third-order valence-corrected chi connectivity index (χ3v) is 3.69. The SMILES string of the molecule is O=C(O)c1coc(N2CCC(OCC3CC3)CC2)n1. The predicted molar refractivity (Wildman–Crippen MR) is 67.4 cm³/mol. The molecule has 0 atom stereocenters. The van der Waals surface area contributed by atoms with Crippen LogP contribution in [0.25, 0.3) is 0 Å². The van der Waals surface area contributed by atoms with Crippen LogP contribution in [-0.4, -0.2) is 41.9 Å². The molecule has 1 aliphatic heterocycles. The second-order valence-electron chi connectivity index (χ2n) is 5.28. The number of anilines is 1. The van der Waals surface area contributed by atoms with Gasteiger partial charge in [-0.1, -0.05) is 0 Å². The van der Waals surface area contributed by atoms with Crippen LogP contribution in [0, 0.1) is 5.92 Å². The van der Waals surface area contributed by atoms with Crippen molar-refractivity contribution in [2.75, 3.05) is 24.6 Å². The highest BCUT2D eigenvalue weighted by Gasteiger charge is 2.27. The Kier molecular flexibility index (Phi) is 3.42. The molecule has 19 heavy (non-hydrogen) atoms. The summed E-state index contributed by atoms with van der Waals surface area (Å²) in [5.74, 6) is -0.263. The van der Waals surface area contributed by atoms with Crippen LogP contribution in [0.2, 0.25) is 0 Å². The lowest BCUT2D eigenvalue weighted by atomic mass is 10.1. The Morgan fingerprint density at radius 2 is 2.16 bits per heavy atom. The molecule has 2 heterocycles. The quantitative estimate of drug-likeness (QED) is 0.875. The maximum atomic E-state index is 10.7. The summed E-state index contributed by atoms with van der Waals surface area (Å²) in [6.07, 6.45) is 6.02. The molecule has 1 saturated heterocycles. The standard InChI is InChI=1S/C13H18N2O4/c16-12(17)11-8-19-13(14-11)15-5-3-10(4-6-15)18-7-9-1-2-9/h8-10H,1-7H2,(H,16,17). The van der Waals surface area contributed by atoms with Crippen LogP contribution < -0.4 is 4.90 Å². The molecule has 0 spiro atoms. The molecular weight excluding hydrogens is 248 g/mol. The fourth-order valence-electron chi connectivity index (χ4n) is 2.28. The van der Waals surface area contributed by atoms with E-state index >= 15 is 0 Å². The van der Waals surface area contributed by atoms with Gasteiger partial charge in [0.2, 0.25) is 0 Å². The van der Waals surface area contributed by atoms with Crippen molar-refractivity contribution in [1.82, 2.24) is 4.98 Å². The van der Waals surface area contributed by atoms with Crippen LogP contribution in [-0.2, 0) is 4.74 Å². The number of aromatic nitrogens is 1. The van der Waals surface area contributed by atoms with E-state index in [1.54, 1.807) is 0 Å². The molecule has 1 N–H and O–H groups in total. The van der Waals surface area contributed by atoms with Gasteiger partial charge < -0.3 is 19.2 Å². The number of hydrogen-bond donors (Lipinski definition) is 1. The Morgan fingerprint density at radius 3 is 2.74 bits per heavy atom. The normalized spacial score (nSPS) is 20.7. The average molecular weight is 266 g/mol. The summed E-state index contributed by atoms with van der Waals surface area (Å²) < 4.78 is 11.1. The highest BCUT2D eigenvalue weighted by molar-refractivity contribution is 5.85. The summed E-state index contributed by atoms with van der Waals surface area (Å²) >= 11 is 0. The Hall–Kier alpha value is -1.56. The predicted octanol–water partition coefficient (Wildman–Crippen LogP) is 1.77. The van der Waals surface area contributed by atoms with Crippen molar-refractivity contribution in [3.05, 3.63) is 12.0 Å². The van der Waals surface area contributed by atoms with E-state index in [0.29, 0.717) is 12.1 Å². The van der Waals surface area contributed by atoms with Crippen molar-refractivity contribution in [3.8, 4) is 0 Å². The van der Waals surface area contributed by atoms with Crippen LogP contribution in [0.1, 0.15) is 36.2 Å². The third-order valence-electron chi connectivity index (χ3n) is 3.69. The van der Waals surface area contributed by atoms with E-state index in [-0.39, 0.29) is 5.69 Å². The third kappa shape index (κ3) is 3.07. The summed E-state index contributed by atoms with van der Waals surface area (Å²) in [7, 11) is 0. The fourth-order valence-corrected chi connectivity index (χ4v) is 2.28. The topological polar surface area (TPSA) is 75.8 Å². The van der Waals surface area contributed by atoms with E-state index in [0.717, 1.165) is 38.5 Å². The molecule has 1 saturated carbocycles. The summed E-state index contributed by atoms with van der Waals surface area (Å²) in [5.41, 5.74) is -0.0397. The lowest BCUT2D eigenvalue weighted by Gasteiger charge is -2.30. The van der Waals surface area contributed by atoms with Gasteiger partial charge in [-0.15, -0.1) is 0 Å². The monoisotopic (exact) mass is 266 g/mol. The number of ether oxygens (including phenoxy) is 1. The Bertz CT molecular complexity index is 447. The molecule has 1 aromatic heterocycles. The summed E-state index contributed by atoms with van der Waals surface area (Å²) in [6, 6.07) is 0.401. The largest absolute Gasteiger partial charge is 0.476 e. The number of carboxylic acids is 1. The summed E-state index contributed by atoms with van der Waals surface area (Å²) in [4.78, 5) is 16.7. The number of hydrogen-bond acceptors (Lipinski definition) is 5. The smallest absolute Gasteiger partial charge is 0.357 e. The van der Waals surface area contributed by atoms with Gasteiger partial charge in [0, 0.05) is 19.7 Å². The number of oxazole rings is 1. The number of piperidine rings is 1. The van der Waals surface area contributed by atoms with Gasteiger partial charge in [-0.25, -0.2) is 4.79 Å². The van der Waals surface area contributed by atoms with Crippen molar-refractivity contribution in [2.24, 2.45) is 5.92 Å². The maximum Gasteiger partial charge on any atom is 0.357 e. The van der Waals surface area contributed by atoms with Crippen LogP contribution in [0.3, 0.4) is 0 Å². The van der Waals surface area contributed by atoms with Gasteiger partial charge in [0.15, 0.2) is 5.69 Å². The highest BCUT2D eigenvalue weighted by Crippen LogP contribution is 2.30. The molecule has 1 aromatic rings. The molecule has 0 aromatic carbocycles. The molecule has 0 radical (unpaired) electrons. The first-order chi connectivity index (χ1) is 9.22. The minimum Gasteiger partial charge on any atom is -0.476 e. The van der Waals surface area contributed by atoms with E-state index in [4.69, 9.17) is 14.3 Å². The zero-order chi connectivity index (χ0) is 13.2. The number of nitrogens with zero attached hydrogens (tertiary/aromatic N) is 2. The lowest BCUT2D eigenvalue weighted by Crippen LogP contribution is -2.37. The minimum atomic E-state index is -1.06. The molecule has 1 aliphatic carbocycles. The van der Waals surface area contributed by atoms with Gasteiger partial charge in [0.1, 0.15) is 6.26 Å². The van der Waals surface area contributed by atoms with Crippen molar-refractivity contribution in [3.63, 3.8) is 0 Å². The highest BCUT2D eigenvalue weighted by atomic mass is 16.5. The lowest BCUT2D eigenvalue weighted by molar-refractivity contribution is 0.0300.